The van der Waals surface area contributed by atoms with Gasteiger partial charge in [-0.15, -0.1) is 0 Å². The zero-order valence-corrected chi connectivity index (χ0v) is 37.3. The lowest BCUT2D eigenvalue weighted by Gasteiger charge is -2.36. The van der Waals surface area contributed by atoms with Gasteiger partial charge in [0.15, 0.2) is 0 Å². The summed E-state index contributed by atoms with van der Waals surface area (Å²) < 4.78 is 30.3. The van der Waals surface area contributed by atoms with Crippen molar-refractivity contribution in [3.63, 3.8) is 0 Å². The number of rotatable bonds is 11. The third kappa shape index (κ3) is 9.01. The van der Waals surface area contributed by atoms with Gasteiger partial charge in [-0.2, -0.15) is 5.10 Å². The normalized spacial score (nSPS) is 16.2. The summed E-state index contributed by atoms with van der Waals surface area (Å²) >= 11 is 0. The van der Waals surface area contributed by atoms with E-state index >= 15 is 9.18 Å². The topological polar surface area (TPSA) is 126 Å². The average molecular weight is 880 g/mol. The molecular weight excluding hydrogens is 826 g/mol. The lowest BCUT2D eigenvalue weighted by Crippen LogP contribution is -2.43. The van der Waals surface area contributed by atoms with Gasteiger partial charge in [0, 0.05) is 99.9 Å². The van der Waals surface area contributed by atoms with Gasteiger partial charge in [0.25, 0.3) is 11.8 Å². The maximum Gasteiger partial charge on any atom is 0.264 e. The van der Waals surface area contributed by atoms with Crippen molar-refractivity contribution in [2.75, 3.05) is 50.9 Å². The maximum atomic E-state index is 15.4. The van der Waals surface area contributed by atoms with Gasteiger partial charge in [0.1, 0.15) is 23.9 Å². The van der Waals surface area contributed by atoms with Gasteiger partial charge in [0.05, 0.1) is 37.1 Å². The first kappa shape index (κ1) is 43.5. The molecule has 1 N–H and O–H groups in total. The fourth-order valence-corrected chi connectivity index (χ4v) is 9.27. The third-order valence-electron chi connectivity index (χ3n) is 13.2. The number of phenols is 1. The molecule has 0 saturated carbocycles. The number of nitrogens with zero attached hydrogens (tertiary/aromatic N) is 7. The second-order valence-electron chi connectivity index (χ2n) is 17.3. The van der Waals surface area contributed by atoms with Gasteiger partial charge in [-0.1, -0.05) is 30.3 Å². The second-order valence-corrected chi connectivity index (χ2v) is 17.3. The fourth-order valence-electron chi connectivity index (χ4n) is 9.27. The molecule has 13 nitrogen and oxygen atoms in total. The van der Waals surface area contributed by atoms with Crippen LogP contribution in [0.3, 0.4) is 0 Å². The Balaban J connectivity index is 1.01. The van der Waals surface area contributed by atoms with Crippen LogP contribution >= 0.6 is 0 Å². The zero-order chi connectivity index (χ0) is 45.4. The number of phenolic OH excluding ortho intramolecular Hbond substituents is 1. The molecule has 0 bridgehead atoms. The Hall–Kier alpha value is -6.77. The van der Waals surface area contributed by atoms with Crippen molar-refractivity contribution in [2.24, 2.45) is 14.1 Å². The Labute approximate surface area is 378 Å². The summed E-state index contributed by atoms with van der Waals surface area (Å²) in [4.78, 5) is 51.2. The first-order valence-corrected chi connectivity index (χ1v) is 22.2. The van der Waals surface area contributed by atoms with Crippen LogP contribution in [0.15, 0.2) is 97.3 Å². The van der Waals surface area contributed by atoms with E-state index < -0.39 is 5.82 Å². The fraction of sp³-hybridized carbons (Fsp3) is 0.333. The van der Waals surface area contributed by atoms with Crippen LogP contribution < -0.4 is 9.64 Å². The van der Waals surface area contributed by atoms with Crippen LogP contribution in [0.1, 0.15) is 61.2 Å². The smallest absolute Gasteiger partial charge is 0.264 e. The summed E-state index contributed by atoms with van der Waals surface area (Å²) in [6.45, 7) is 9.32. The number of hydrogen-bond acceptors (Lipinski definition) is 8. The van der Waals surface area contributed by atoms with Gasteiger partial charge < -0.3 is 28.9 Å². The van der Waals surface area contributed by atoms with E-state index in [9.17, 15) is 14.7 Å². The standard InChI is InChI=1S/C51H54FN7O6/c1-33-23-35-7-5-6-8-38(35)31-58(33)50(62)46-25-39-30-57(49(61)26-37-9-14-43(27-47(37)52)65-22-19-56-17-20-64-21-18-56)16-15-36(39)24-45(46)48-28-44(34(2)55(48)4)51(63)59(41-29-53-54(3)32-41)40-10-12-42(60)13-11-40/h5-14,24-25,27-29,32-33,60H,15-23,26,30-31H2,1-4H3/t33-/m1/s1. The molecule has 65 heavy (non-hydrogen) atoms. The molecule has 3 aliphatic rings. The van der Waals surface area contributed by atoms with Crippen molar-refractivity contribution in [1.29, 1.82) is 0 Å². The van der Waals surface area contributed by atoms with E-state index in [4.69, 9.17) is 9.47 Å². The summed E-state index contributed by atoms with van der Waals surface area (Å²) in [5, 5.41) is 14.4. The summed E-state index contributed by atoms with van der Waals surface area (Å²) in [7, 11) is 3.68. The molecule has 3 aliphatic heterocycles. The minimum absolute atomic E-state index is 0.0783. The first-order chi connectivity index (χ1) is 31.4. The monoisotopic (exact) mass is 879 g/mol. The highest BCUT2D eigenvalue weighted by molar-refractivity contribution is 6.12. The number of ether oxygens (including phenoxy) is 2. The molecule has 0 radical (unpaired) electrons. The van der Waals surface area contributed by atoms with E-state index in [0.29, 0.717) is 96.5 Å². The molecule has 4 aromatic carbocycles. The largest absolute Gasteiger partial charge is 0.508 e. The summed E-state index contributed by atoms with van der Waals surface area (Å²) in [6, 6.07) is 25.1. The Morgan fingerprint density at radius 2 is 1.65 bits per heavy atom. The van der Waals surface area contributed by atoms with Crippen molar-refractivity contribution in [3.05, 3.63) is 148 Å². The van der Waals surface area contributed by atoms with Crippen molar-refractivity contribution in [1.82, 2.24) is 29.0 Å². The average Bonchev–Trinajstić information content (AvgIpc) is 3.87. The first-order valence-electron chi connectivity index (χ1n) is 22.2. The van der Waals surface area contributed by atoms with Crippen LogP contribution in [0.5, 0.6) is 11.5 Å². The molecule has 14 heteroatoms. The number of aromatic nitrogens is 3. The van der Waals surface area contributed by atoms with Crippen molar-refractivity contribution < 1.29 is 33.4 Å². The summed E-state index contributed by atoms with van der Waals surface area (Å²) in [6.07, 6.45) is 4.51. The molecule has 1 fully saturated rings. The van der Waals surface area contributed by atoms with E-state index in [0.717, 1.165) is 36.3 Å². The molecule has 0 aliphatic carbocycles. The highest BCUT2D eigenvalue weighted by Gasteiger charge is 2.33. The van der Waals surface area contributed by atoms with Gasteiger partial charge >= 0.3 is 0 Å². The highest BCUT2D eigenvalue weighted by atomic mass is 19.1. The van der Waals surface area contributed by atoms with E-state index in [1.54, 1.807) is 58.2 Å². The Kier molecular flexibility index (Phi) is 12.3. The number of aromatic hydroxyl groups is 1. The Morgan fingerprint density at radius 3 is 2.38 bits per heavy atom. The van der Waals surface area contributed by atoms with Crippen LogP contribution in [0.25, 0.3) is 11.3 Å². The van der Waals surface area contributed by atoms with Crippen LogP contribution in [0, 0.1) is 12.7 Å². The minimum Gasteiger partial charge on any atom is -0.508 e. The molecule has 0 spiro atoms. The number of fused-ring (bicyclic) bond motifs is 2. The van der Waals surface area contributed by atoms with Crippen LogP contribution in [0.2, 0.25) is 0 Å². The second kappa shape index (κ2) is 18.4. The molecule has 9 rings (SSSR count). The number of anilines is 2. The number of amides is 3. The van der Waals surface area contributed by atoms with E-state index in [1.165, 1.54) is 23.8 Å². The third-order valence-corrected chi connectivity index (χ3v) is 13.2. The molecule has 336 valence electrons. The van der Waals surface area contributed by atoms with Gasteiger partial charge in [0.2, 0.25) is 5.91 Å². The molecule has 5 heterocycles. The van der Waals surface area contributed by atoms with Crippen molar-refractivity contribution in [3.8, 4) is 22.8 Å². The zero-order valence-electron chi connectivity index (χ0n) is 37.3. The lowest BCUT2D eigenvalue weighted by molar-refractivity contribution is -0.131. The van der Waals surface area contributed by atoms with Crippen LogP contribution in [-0.2, 0) is 56.0 Å². The van der Waals surface area contributed by atoms with E-state index in [-0.39, 0.29) is 42.5 Å². The lowest BCUT2D eigenvalue weighted by atomic mass is 9.89. The van der Waals surface area contributed by atoms with E-state index in [2.05, 4.69) is 29.1 Å². The van der Waals surface area contributed by atoms with Crippen LogP contribution in [0.4, 0.5) is 15.8 Å². The predicted molar refractivity (Wildman–Crippen MR) is 245 cm³/mol. The number of carbonyl (C=O) groups is 3. The molecule has 0 unspecified atom stereocenters. The number of carbonyl (C=O) groups excluding carboxylic acids is 3. The maximum absolute atomic E-state index is 15.4. The van der Waals surface area contributed by atoms with Gasteiger partial charge in [-0.25, -0.2) is 4.39 Å². The molecule has 3 amide bonds. The molecule has 1 atom stereocenters. The minimum atomic E-state index is -0.489. The van der Waals surface area contributed by atoms with Crippen LogP contribution in [-0.4, -0.2) is 104 Å². The quantitative estimate of drug-likeness (QED) is 0.148. The number of aryl methyl sites for hydroxylation is 1. The summed E-state index contributed by atoms with van der Waals surface area (Å²) in [5.41, 5.74) is 8.57. The summed E-state index contributed by atoms with van der Waals surface area (Å²) in [5.74, 6) is -0.638. The van der Waals surface area contributed by atoms with Gasteiger partial charge in [-0.05, 0) is 103 Å². The molecule has 6 aromatic rings. The van der Waals surface area contributed by atoms with E-state index in [1.807, 2.05) is 53.8 Å². The molecule has 1 saturated heterocycles. The van der Waals surface area contributed by atoms with Gasteiger partial charge in [-0.3, -0.25) is 28.9 Å². The van der Waals surface area contributed by atoms with Crippen molar-refractivity contribution >= 4 is 29.1 Å². The number of halogens is 1. The highest BCUT2D eigenvalue weighted by Crippen LogP contribution is 2.37. The Morgan fingerprint density at radius 1 is 0.877 bits per heavy atom. The molecular formula is C51H54FN7O6. The SMILES string of the molecule is Cc1c(C(=O)N(c2ccc(O)cc2)c2cnn(C)c2)cc(-c2cc3c(cc2C(=O)N2Cc4ccccc4C[C@H]2C)CN(C(=O)Cc2ccc(OCCN4CCOCC4)cc2F)CC3)n1C. The Bertz CT molecular complexity index is 2760. The number of morpholine rings is 1. The molecule has 2 aromatic heterocycles. The number of benzene rings is 4. The van der Waals surface area contributed by atoms with Crippen molar-refractivity contribution in [2.45, 2.75) is 52.2 Å². The predicted octanol–water partition coefficient (Wildman–Crippen LogP) is 6.98. The number of hydrogen-bond donors (Lipinski definition) is 1.